The van der Waals surface area contributed by atoms with E-state index < -0.39 is 31.0 Å². The maximum Gasteiger partial charge on any atom is 0.182 e. The van der Waals surface area contributed by atoms with Gasteiger partial charge in [0.15, 0.2) is 12.4 Å². The van der Waals surface area contributed by atoms with Crippen LogP contribution in [-0.2, 0) is 4.79 Å². The second-order valence-electron chi connectivity index (χ2n) is 3.99. The first-order chi connectivity index (χ1) is 9.01. The number of aliphatic hydroxyl groups excluding tert-OH is 4. The minimum Gasteiger partial charge on any atom is -0.478 e. The van der Waals surface area contributed by atoms with Gasteiger partial charge < -0.3 is 30.9 Å². The zero-order valence-electron chi connectivity index (χ0n) is 10.1. The molecule has 0 aliphatic heterocycles. The van der Waals surface area contributed by atoms with Crippen LogP contribution in [0.1, 0.15) is 0 Å². The summed E-state index contributed by atoms with van der Waals surface area (Å²) in [5.41, 5.74) is 5.87. The van der Waals surface area contributed by atoms with Crippen LogP contribution in [0.5, 0.6) is 5.75 Å². The molecule has 4 atom stereocenters. The zero-order chi connectivity index (χ0) is 14.4. The van der Waals surface area contributed by atoms with Crippen molar-refractivity contribution in [2.24, 2.45) is 0 Å². The van der Waals surface area contributed by atoms with Crippen molar-refractivity contribution < 1.29 is 30.0 Å². The van der Waals surface area contributed by atoms with E-state index in [4.69, 9.17) is 15.6 Å². The molecule has 7 nitrogen and oxygen atoms in total. The second-order valence-corrected chi connectivity index (χ2v) is 3.99. The molecule has 1 rings (SSSR count). The minimum atomic E-state index is -1.72. The molecule has 6 N–H and O–H groups in total. The van der Waals surface area contributed by atoms with E-state index in [1.54, 1.807) is 18.2 Å². The fourth-order valence-corrected chi connectivity index (χ4v) is 1.44. The zero-order valence-corrected chi connectivity index (χ0v) is 10.1. The fraction of sp³-hybridized carbons (Fsp3) is 0.417. The van der Waals surface area contributed by atoms with Gasteiger partial charge in [-0.05, 0) is 12.1 Å². The Kier molecular flexibility index (Phi) is 5.71. The predicted molar refractivity (Wildman–Crippen MR) is 66.4 cm³/mol. The number of nitrogen functional groups attached to an aromatic ring is 1. The van der Waals surface area contributed by atoms with Crippen LogP contribution in [0.3, 0.4) is 0 Å². The first-order valence-electron chi connectivity index (χ1n) is 5.62. The Morgan fingerprint density at radius 1 is 1.21 bits per heavy atom. The van der Waals surface area contributed by atoms with E-state index in [0.29, 0.717) is 0 Å². The summed E-state index contributed by atoms with van der Waals surface area (Å²) in [5.74, 6) is 0.171. The van der Waals surface area contributed by atoms with Crippen molar-refractivity contribution in [2.45, 2.75) is 24.4 Å². The van der Waals surface area contributed by atoms with Crippen molar-refractivity contribution in [1.29, 1.82) is 0 Å². The van der Waals surface area contributed by atoms with Crippen LogP contribution in [0, 0.1) is 0 Å². The normalized spacial score (nSPS) is 17.3. The molecule has 0 heterocycles. The van der Waals surface area contributed by atoms with E-state index in [1.807, 2.05) is 0 Å². The molecule has 0 unspecified atom stereocenters. The van der Waals surface area contributed by atoms with Crippen molar-refractivity contribution in [2.75, 3.05) is 12.3 Å². The number of para-hydroxylation sites is 2. The molecular formula is C12H17NO6. The Hall–Kier alpha value is -1.67. The molecule has 0 amide bonds. The third kappa shape index (κ3) is 3.90. The molecular weight excluding hydrogens is 254 g/mol. The molecule has 0 aliphatic carbocycles. The van der Waals surface area contributed by atoms with Crippen molar-refractivity contribution in [3.63, 3.8) is 0 Å². The summed E-state index contributed by atoms with van der Waals surface area (Å²) in [7, 11) is 0. The number of hydrogen-bond acceptors (Lipinski definition) is 7. The van der Waals surface area contributed by atoms with Gasteiger partial charge in [0.25, 0.3) is 0 Å². The number of benzene rings is 1. The van der Waals surface area contributed by atoms with Gasteiger partial charge in [-0.25, -0.2) is 0 Å². The number of carbonyl (C=O) groups excluding carboxylic acids is 1. The number of anilines is 1. The average Bonchev–Trinajstić information content (AvgIpc) is 2.44. The highest BCUT2D eigenvalue weighted by atomic mass is 16.5. The van der Waals surface area contributed by atoms with Crippen LogP contribution in [0.15, 0.2) is 24.3 Å². The van der Waals surface area contributed by atoms with E-state index in [-0.39, 0.29) is 17.7 Å². The van der Waals surface area contributed by atoms with Crippen LogP contribution >= 0.6 is 0 Å². The molecule has 0 saturated carbocycles. The summed E-state index contributed by atoms with van der Waals surface area (Å²) in [6, 6.07) is 6.33. The van der Waals surface area contributed by atoms with E-state index >= 15 is 0 Å². The fourth-order valence-electron chi connectivity index (χ4n) is 1.44. The molecule has 0 bridgehead atoms. The van der Waals surface area contributed by atoms with Crippen molar-refractivity contribution in [3.05, 3.63) is 24.3 Å². The lowest BCUT2D eigenvalue weighted by Crippen LogP contribution is -2.48. The Labute approximate surface area is 109 Å². The molecule has 7 heteroatoms. The Morgan fingerprint density at radius 3 is 2.37 bits per heavy atom. The summed E-state index contributed by atoms with van der Waals surface area (Å²) in [6.45, 7) is -0.753. The Balaban J connectivity index is 2.78. The molecule has 1 aromatic rings. The maximum atomic E-state index is 10.9. The van der Waals surface area contributed by atoms with Gasteiger partial charge in [-0.1, -0.05) is 12.1 Å². The van der Waals surface area contributed by atoms with Crippen LogP contribution < -0.4 is 10.5 Å². The van der Waals surface area contributed by atoms with Crippen LogP contribution in [0.25, 0.3) is 0 Å². The summed E-state index contributed by atoms with van der Waals surface area (Å²) in [6.07, 6.45) is -6.12. The van der Waals surface area contributed by atoms with Crippen molar-refractivity contribution in [1.82, 2.24) is 0 Å². The number of aldehydes is 1. The van der Waals surface area contributed by atoms with E-state index in [1.165, 1.54) is 6.07 Å². The monoisotopic (exact) mass is 271 g/mol. The van der Waals surface area contributed by atoms with Gasteiger partial charge in [0.1, 0.15) is 24.1 Å². The maximum absolute atomic E-state index is 10.9. The standard InChI is InChI=1S/C12H17NO6/c13-7-3-1-2-4-9(7)19-10(6-15)12(18)11(17)8(16)5-14/h1-4,6,8,10-12,14,16-18H,5,13H2/t8-,10+,11+,12-/m1/s1. The highest BCUT2D eigenvalue weighted by molar-refractivity contribution is 5.60. The number of ether oxygens (including phenoxy) is 1. The molecule has 0 aromatic heterocycles. The molecule has 19 heavy (non-hydrogen) atoms. The third-order valence-electron chi connectivity index (χ3n) is 2.58. The number of aliphatic hydroxyl groups is 4. The van der Waals surface area contributed by atoms with Gasteiger partial charge in [0.05, 0.1) is 12.3 Å². The average molecular weight is 271 g/mol. The first-order valence-corrected chi connectivity index (χ1v) is 5.62. The number of hydrogen-bond donors (Lipinski definition) is 5. The van der Waals surface area contributed by atoms with E-state index in [9.17, 15) is 20.1 Å². The molecule has 0 radical (unpaired) electrons. The molecule has 106 valence electrons. The largest absolute Gasteiger partial charge is 0.478 e. The number of nitrogens with two attached hydrogens (primary N) is 1. The molecule has 1 aromatic carbocycles. The second kappa shape index (κ2) is 7.05. The van der Waals surface area contributed by atoms with E-state index in [0.717, 1.165) is 0 Å². The molecule has 0 fully saturated rings. The molecule has 0 aliphatic rings. The Bertz CT molecular complexity index is 413. The van der Waals surface area contributed by atoms with E-state index in [2.05, 4.69) is 0 Å². The van der Waals surface area contributed by atoms with Crippen LogP contribution in [0.2, 0.25) is 0 Å². The summed E-state index contributed by atoms with van der Waals surface area (Å²) >= 11 is 0. The smallest absolute Gasteiger partial charge is 0.182 e. The van der Waals surface area contributed by atoms with Gasteiger partial charge in [-0.15, -0.1) is 0 Å². The lowest BCUT2D eigenvalue weighted by molar-refractivity contribution is -0.132. The lowest BCUT2D eigenvalue weighted by atomic mass is 10.0. The van der Waals surface area contributed by atoms with Gasteiger partial charge in [0, 0.05) is 0 Å². The van der Waals surface area contributed by atoms with Crippen LogP contribution in [-0.4, -0.2) is 57.7 Å². The SMILES string of the molecule is Nc1ccccc1O[C@@H](C=O)[C@@H](O)[C@@H](O)[C@H](O)CO. The number of rotatable bonds is 7. The predicted octanol–water partition coefficient (Wildman–Crippen LogP) is -1.71. The van der Waals surface area contributed by atoms with Crippen molar-refractivity contribution in [3.8, 4) is 5.75 Å². The number of carbonyl (C=O) groups is 1. The summed E-state index contributed by atoms with van der Waals surface area (Å²) < 4.78 is 5.18. The van der Waals surface area contributed by atoms with Crippen molar-refractivity contribution >= 4 is 12.0 Å². The summed E-state index contributed by atoms with van der Waals surface area (Å²) in [5, 5.41) is 37.1. The van der Waals surface area contributed by atoms with Gasteiger partial charge in [-0.2, -0.15) is 0 Å². The quantitative estimate of drug-likeness (QED) is 0.294. The lowest BCUT2D eigenvalue weighted by Gasteiger charge is -2.26. The van der Waals surface area contributed by atoms with Gasteiger partial charge in [-0.3, -0.25) is 4.79 Å². The Morgan fingerprint density at radius 2 is 1.84 bits per heavy atom. The van der Waals surface area contributed by atoms with Crippen LogP contribution in [0.4, 0.5) is 5.69 Å². The minimum absolute atomic E-state index is 0.171. The molecule has 0 spiro atoms. The highest BCUT2D eigenvalue weighted by Crippen LogP contribution is 2.22. The third-order valence-corrected chi connectivity index (χ3v) is 2.58. The molecule has 0 saturated heterocycles. The van der Waals surface area contributed by atoms with Gasteiger partial charge >= 0.3 is 0 Å². The first kappa shape index (κ1) is 15.4. The summed E-state index contributed by atoms with van der Waals surface area (Å²) in [4.78, 5) is 10.9. The highest BCUT2D eigenvalue weighted by Gasteiger charge is 2.32. The van der Waals surface area contributed by atoms with Gasteiger partial charge in [0.2, 0.25) is 0 Å². The topological polar surface area (TPSA) is 133 Å².